The second kappa shape index (κ2) is 14.0. The molecule has 1 aliphatic carbocycles. The van der Waals surface area contributed by atoms with Gasteiger partial charge in [-0.05, 0) is 83.0 Å². The third-order valence-corrected chi connectivity index (χ3v) is 7.55. The molecule has 0 radical (unpaired) electrons. The van der Waals surface area contributed by atoms with Crippen LogP contribution < -0.4 is 5.32 Å². The van der Waals surface area contributed by atoms with Crippen LogP contribution in [0.1, 0.15) is 67.0 Å². The van der Waals surface area contributed by atoms with Gasteiger partial charge in [-0.3, -0.25) is 9.78 Å². The van der Waals surface area contributed by atoms with Gasteiger partial charge in [0.25, 0.3) is 6.47 Å². The summed E-state index contributed by atoms with van der Waals surface area (Å²) >= 11 is 0. The molecule has 8 nitrogen and oxygen atoms in total. The smallest absolute Gasteiger partial charge is 0.293 e. The predicted octanol–water partition coefficient (Wildman–Crippen LogP) is 4.31. The monoisotopic (exact) mass is 561 g/mol. The first-order valence-electron chi connectivity index (χ1n) is 14.3. The molecule has 2 N–H and O–H groups in total. The number of aliphatic hydroxyl groups excluding tert-OH is 1. The molecule has 2 aromatic heterocycles. The molecule has 5 rings (SSSR count). The number of hydrogen-bond acceptors (Lipinski definition) is 7. The van der Waals surface area contributed by atoms with Gasteiger partial charge in [-0.15, -0.1) is 0 Å². The number of nitrogens with one attached hydrogen (secondary N) is 1. The molecule has 0 saturated carbocycles. The second-order valence-electron chi connectivity index (χ2n) is 12.1. The summed E-state index contributed by atoms with van der Waals surface area (Å²) < 4.78 is 6.56. The van der Waals surface area contributed by atoms with Crippen LogP contribution >= 0.6 is 0 Å². The average Bonchev–Trinajstić information content (AvgIpc) is 3.17. The first-order valence-corrected chi connectivity index (χ1v) is 14.3. The molecular formula is C33H47N5O3. The maximum atomic E-state index is 10.6. The van der Waals surface area contributed by atoms with E-state index in [0.29, 0.717) is 6.47 Å². The zero-order valence-corrected chi connectivity index (χ0v) is 26.0. The molecule has 222 valence electrons. The van der Waals surface area contributed by atoms with Crippen LogP contribution in [0.3, 0.4) is 0 Å². The number of hydrogen-bond donors (Lipinski definition) is 2. The number of fused-ring (bicyclic) bond motifs is 2. The second-order valence-corrected chi connectivity index (χ2v) is 12.1. The number of benzene rings is 1. The van der Waals surface area contributed by atoms with Crippen LogP contribution in [-0.4, -0.2) is 76.4 Å². The molecule has 1 fully saturated rings. The highest BCUT2D eigenvalue weighted by atomic mass is 16.5. The lowest BCUT2D eigenvalue weighted by Gasteiger charge is -2.31. The van der Waals surface area contributed by atoms with Gasteiger partial charge in [0.15, 0.2) is 0 Å². The molecule has 0 bridgehead atoms. The van der Waals surface area contributed by atoms with Crippen LogP contribution in [0.2, 0.25) is 0 Å². The summed E-state index contributed by atoms with van der Waals surface area (Å²) in [6, 6.07) is 10.6. The quantitative estimate of drug-likeness (QED) is 0.459. The zero-order chi connectivity index (χ0) is 30.2. The van der Waals surface area contributed by atoms with Crippen molar-refractivity contribution < 1.29 is 14.6 Å². The van der Waals surface area contributed by atoms with Gasteiger partial charge in [0.1, 0.15) is 5.60 Å². The van der Waals surface area contributed by atoms with Crippen LogP contribution in [0.25, 0.3) is 11.6 Å². The zero-order valence-electron chi connectivity index (χ0n) is 26.0. The lowest BCUT2D eigenvalue weighted by atomic mass is 9.74. The highest BCUT2D eigenvalue weighted by molar-refractivity contribution is 5.90. The van der Waals surface area contributed by atoms with E-state index in [0.717, 1.165) is 47.7 Å². The maximum absolute atomic E-state index is 10.6. The lowest BCUT2D eigenvalue weighted by Crippen LogP contribution is -2.40. The topological polar surface area (TPSA) is 92.5 Å². The highest BCUT2D eigenvalue weighted by Crippen LogP contribution is 2.43. The Bertz CT molecular complexity index is 1330. The molecule has 3 aromatic rings. The molecule has 1 aromatic carbocycles. The number of imidazole rings is 1. The van der Waals surface area contributed by atoms with Crippen LogP contribution in [0.15, 0.2) is 42.9 Å². The predicted molar refractivity (Wildman–Crippen MR) is 166 cm³/mol. The fourth-order valence-electron chi connectivity index (χ4n) is 4.94. The number of aliphatic hydroxyl groups is 1. The molecule has 2 aliphatic rings. The number of carbonyl (C=O) groups is 1. The number of rotatable bonds is 4. The molecule has 8 heteroatoms. The largest absolute Gasteiger partial charge is 0.462 e. The summed E-state index contributed by atoms with van der Waals surface area (Å²) in [7, 11) is 4.14. The van der Waals surface area contributed by atoms with E-state index >= 15 is 0 Å². The van der Waals surface area contributed by atoms with Gasteiger partial charge in [-0.1, -0.05) is 29.8 Å². The number of piperazine rings is 1. The van der Waals surface area contributed by atoms with Crippen molar-refractivity contribution in [2.24, 2.45) is 7.05 Å². The number of pyridine rings is 1. The van der Waals surface area contributed by atoms with Crippen molar-refractivity contribution in [3.05, 3.63) is 82.2 Å². The minimum absolute atomic E-state index is 0.0142. The Hall–Kier alpha value is -3.33. The van der Waals surface area contributed by atoms with Crippen molar-refractivity contribution in [1.82, 2.24) is 24.8 Å². The summed E-state index contributed by atoms with van der Waals surface area (Å²) in [5.74, 6) is 0. The molecule has 41 heavy (non-hydrogen) atoms. The first kappa shape index (κ1) is 32.2. The Morgan fingerprint density at radius 1 is 1.07 bits per heavy atom. The molecule has 1 aliphatic heterocycles. The third-order valence-electron chi connectivity index (χ3n) is 7.55. The van der Waals surface area contributed by atoms with E-state index in [1.54, 1.807) is 0 Å². The highest BCUT2D eigenvalue weighted by Gasteiger charge is 2.37. The Morgan fingerprint density at radius 2 is 1.78 bits per heavy atom. The van der Waals surface area contributed by atoms with E-state index in [-0.39, 0.29) is 12.2 Å². The first-order chi connectivity index (χ1) is 19.4. The van der Waals surface area contributed by atoms with E-state index in [9.17, 15) is 9.90 Å². The van der Waals surface area contributed by atoms with Crippen LogP contribution in [0.5, 0.6) is 0 Å². The minimum atomic E-state index is -0.606. The molecular weight excluding hydrogens is 514 g/mol. The van der Waals surface area contributed by atoms with Gasteiger partial charge < -0.3 is 24.6 Å². The van der Waals surface area contributed by atoms with Crippen molar-refractivity contribution in [1.29, 1.82) is 0 Å². The maximum Gasteiger partial charge on any atom is 0.293 e. The van der Waals surface area contributed by atoms with E-state index < -0.39 is 5.41 Å². The van der Waals surface area contributed by atoms with Crippen LogP contribution in [0, 0.1) is 13.8 Å². The number of carbonyl (C=O) groups excluding carboxylic acids is 1. The summed E-state index contributed by atoms with van der Waals surface area (Å²) in [5.41, 5.74) is 7.94. The van der Waals surface area contributed by atoms with Gasteiger partial charge in [0.2, 0.25) is 0 Å². The number of likely N-dealkylation sites (N-methyl/N-ethyl adjacent to an activating group) is 1. The Kier molecular flexibility index (Phi) is 11.0. The Balaban J connectivity index is 0.000000271. The average molecular weight is 562 g/mol. The lowest BCUT2D eigenvalue weighted by molar-refractivity contribution is -0.138. The third kappa shape index (κ3) is 8.35. The van der Waals surface area contributed by atoms with Gasteiger partial charge in [-0.25, -0.2) is 4.98 Å². The van der Waals surface area contributed by atoms with E-state index in [2.05, 4.69) is 83.1 Å². The van der Waals surface area contributed by atoms with Crippen molar-refractivity contribution in [2.45, 2.75) is 59.0 Å². The molecule has 1 atom stereocenters. The number of ether oxygens (including phenoxy) is 1. The van der Waals surface area contributed by atoms with Crippen molar-refractivity contribution in [3.8, 4) is 0 Å². The van der Waals surface area contributed by atoms with E-state index in [1.165, 1.54) is 29.8 Å². The fraction of sp³-hybridized carbons (Fsp3) is 0.485. The molecule has 1 unspecified atom stereocenters. The van der Waals surface area contributed by atoms with Gasteiger partial charge in [-0.2, -0.15) is 0 Å². The molecule has 1 saturated heterocycles. The Labute approximate surface area is 245 Å². The molecule has 0 amide bonds. The van der Waals surface area contributed by atoms with Crippen molar-refractivity contribution in [2.75, 3.05) is 39.8 Å². The normalized spacial score (nSPS) is 16.3. The van der Waals surface area contributed by atoms with Crippen molar-refractivity contribution >= 4 is 18.1 Å². The van der Waals surface area contributed by atoms with Gasteiger partial charge in [0, 0.05) is 51.5 Å². The SMILES string of the molecule is CC(C)(C)OC=O.CN1CCNCC1.Cc1ccc2c(c1)C(C(C)(CO)c1ncn(C)c1C)=Cc1cccnc1C2. The van der Waals surface area contributed by atoms with Crippen LogP contribution in [-0.2, 0) is 28.4 Å². The summed E-state index contributed by atoms with van der Waals surface area (Å²) in [6.45, 7) is 16.9. The van der Waals surface area contributed by atoms with Crippen LogP contribution in [0.4, 0.5) is 0 Å². The molecule has 0 spiro atoms. The standard InChI is InChI=1S/C23H25N3O.C5H12N2.C5H10O2/c1-15-7-8-17-12-21-18(6-5-9-24-21)11-20(19(17)10-15)23(3,13-27)22-16(2)26(4)14-25-22;1-7-4-2-6-3-5-7;1-5(2,3)7-4-6/h5-11,14,27H,12-13H2,1-4H3;6H,2-5H2,1H3;4H,1-3H3. The number of nitrogens with zero attached hydrogens (tertiary/aromatic N) is 4. The summed E-state index contributed by atoms with van der Waals surface area (Å²) in [5, 5.41) is 13.8. The summed E-state index contributed by atoms with van der Waals surface area (Å²) in [4.78, 5) is 21.2. The Morgan fingerprint density at radius 3 is 2.29 bits per heavy atom. The van der Waals surface area contributed by atoms with E-state index in [4.69, 9.17) is 0 Å². The van der Waals surface area contributed by atoms with Crippen molar-refractivity contribution in [3.63, 3.8) is 0 Å². The minimum Gasteiger partial charge on any atom is -0.462 e. The molecule has 3 heterocycles. The fourth-order valence-corrected chi connectivity index (χ4v) is 4.94. The summed E-state index contributed by atoms with van der Waals surface area (Å²) in [6.07, 6.45) is 6.65. The number of aromatic nitrogens is 3. The van der Waals surface area contributed by atoms with E-state index in [1.807, 2.05) is 51.0 Å². The van der Waals surface area contributed by atoms with Gasteiger partial charge >= 0.3 is 0 Å². The number of aryl methyl sites for hydroxylation is 2. The van der Waals surface area contributed by atoms with Gasteiger partial charge in [0.05, 0.1) is 29.7 Å².